The van der Waals surface area contributed by atoms with E-state index in [1.807, 2.05) is 55.5 Å². The topological polar surface area (TPSA) is 61.8 Å². The van der Waals surface area contributed by atoms with Crippen LogP contribution in [0.3, 0.4) is 0 Å². The van der Waals surface area contributed by atoms with Gasteiger partial charge in [-0.15, -0.1) is 0 Å². The summed E-state index contributed by atoms with van der Waals surface area (Å²) in [5, 5.41) is 0. The Morgan fingerprint density at radius 2 is 1.62 bits per heavy atom. The first-order valence-corrected chi connectivity index (χ1v) is 10.7. The minimum absolute atomic E-state index is 0.115. The second-order valence-electron chi connectivity index (χ2n) is 7.74. The molecule has 0 aromatic heterocycles. The van der Waals surface area contributed by atoms with E-state index in [2.05, 4.69) is 6.07 Å². The normalized spacial score (nSPS) is 12.4. The smallest absolute Gasteiger partial charge is 0.203 e. The standard InChI is InChI=1S/C27H26O5/c1-4-23(28)18-7-5-17(6-8-18)16-32-26-22(12-14-25(30-2)27(26)31-3)20-9-11-21-19(15-20)10-13-24(21)29/h5-9,11-12,14-15H,4,10,13,16H2,1-3H3. The number of ether oxygens (including phenoxy) is 3. The van der Waals surface area contributed by atoms with Gasteiger partial charge in [0.2, 0.25) is 5.75 Å². The Morgan fingerprint density at radius 3 is 2.31 bits per heavy atom. The summed E-state index contributed by atoms with van der Waals surface area (Å²) in [5.41, 5.74) is 5.32. The summed E-state index contributed by atoms with van der Waals surface area (Å²) in [6.07, 6.45) is 1.80. The van der Waals surface area contributed by atoms with Gasteiger partial charge in [-0.05, 0) is 35.2 Å². The van der Waals surface area contributed by atoms with Crippen molar-refractivity contribution in [2.75, 3.05) is 14.2 Å². The van der Waals surface area contributed by atoms with Gasteiger partial charge in [0.15, 0.2) is 23.1 Å². The number of hydrogen-bond acceptors (Lipinski definition) is 5. The zero-order valence-electron chi connectivity index (χ0n) is 18.6. The SMILES string of the molecule is CCC(=O)c1ccc(COc2c(-c3ccc4c(c3)CCC4=O)ccc(OC)c2OC)cc1. The molecule has 1 aliphatic carbocycles. The fourth-order valence-corrected chi connectivity index (χ4v) is 4.04. The monoisotopic (exact) mass is 430 g/mol. The third-order valence-electron chi connectivity index (χ3n) is 5.82. The van der Waals surface area contributed by atoms with E-state index in [1.54, 1.807) is 14.2 Å². The van der Waals surface area contributed by atoms with Gasteiger partial charge in [-0.2, -0.15) is 0 Å². The second kappa shape index (κ2) is 9.27. The zero-order chi connectivity index (χ0) is 22.7. The van der Waals surface area contributed by atoms with E-state index in [-0.39, 0.29) is 11.6 Å². The maximum Gasteiger partial charge on any atom is 0.203 e. The van der Waals surface area contributed by atoms with Crippen LogP contribution in [-0.2, 0) is 13.0 Å². The molecule has 0 fully saturated rings. The molecule has 0 heterocycles. The Bertz CT molecular complexity index is 1160. The molecular weight excluding hydrogens is 404 g/mol. The Hall–Kier alpha value is -3.60. The van der Waals surface area contributed by atoms with Crippen molar-refractivity contribution < 1.29 is 23.8 Å². The minimum Gasteiger partial charge on any atom is -0.493 e. The lowest BCUT2D eigenvalue weighted by molar-refractivity contribution is 0.0982. The molecule has 0 atom stereocenters. The molecular formula is C27H26O5. The average Bonchev–Trinajstić information content (AvgIpc) is 3.21. The maximum atomic E-state index is 12.0. The van der Waals surface area contributed by atoms with Gasteiger partial charge >= 0.3 is 0 Å². The number of hydrogen-bond donors (Lipinski definition) is 0. The molecule has 0 saturated carbocycles. The van der Waals surface area contributed by atoms with Gasteiger partial charge in [-0.1, -0.05) is 49.4 Å². The van der Waals surface area contributed by atoms with E-state index >= 15 is 0 Å². The Morgan fingerprint density at radius 1 is 0.875 bits per heavy atom. The van der Waals surface area contributed by atoms with Crippen molar-refractivity contribution in [1.82, 2.24) is 0 Å². The van der Waals surface area contributed by atoms with E-state index in [0.717, 1.165) is 34.2 Å². The van der Waals surface area contributed by atoms with Gasteiger partial charge in [0.25, 0.3) is 0 Å². The third kappa shape index (κ3) is 4.11. The number of methoxy groups -OCH3 is 2. The highest BCUT2D eigenvalue weighted by atomic mass is 16.5. The van der Waals surface area contributed by atoms with Crippen LogP contribution in [0.2, 0.25) is 0 Å². The Kier molecular flexibility index (Phi) is 6.26. The largest absolute Gasteiger partial charge is 0.493 e. The maximum absolute atomic E-state index is 12.0. The number of aryl methyl sites for hydroxylation is 1. The lowest BCUT2D eigenvalue weighted by atomic mass is 9.99. The molecule has 0 aliphatic heterocycles. The summed E-state index contributed by atoms with van der Waals surface area (Å²) in [5.74, 6) is 1.97. The van der Waals surface area contributed by atoms with Crippen molar-refractivity contribution in [3.05, 3.63) is 76.9 Å². The van der Waals surface area contributed by atoms with Crippen LogP contribution in [0.15, 0.2) is 54.6 Å². The van der Waals surface area contributed by atoms with Crippen molar-refractivity contribution in [2.45, 2.75) is 32.8 Å². The number of fused-ring (bicyclic) bond motifs is 1. The van der Waals surface area contributed by atoms with E-state index in [1.165, 1.54) is 0 Å². The summed E-state index contributed by atoms with van der Waals surface area (Å²) in [6, 6.07) is 17.1. The fourth-order valence-electron chi connectivity index (χ4n) is 4.04. The molecule has 32 heavy (non-hydrogen) atoms. The number of rotatable bonds is 8. The van der Waals surface area contributed by atoms with Crippen LogP contribution in [0, 0.1) is 0 Å². The van der Waals surface area contributed by atoms with Crippen molar-refractivity contribution in [3.8, 4) is 28.4 Å². The highest BCUT2D eigenvalue weighted by molar-refractivity contribution is 6.01. The number of carbonyl (C=O) groups excluding carboxylic acids is 2. The second-order valence-corrected chi connectivity index (χ2v) is 7.74. The van der Waals surface area contributed by atoms with Gasteiger partial charge in [-0.3, -0.25) is 9.59 Å². The molecule has 0 unspecified atom stereocenters. The van der Waals surface area contributed by atoms with Crippen LogP contribution in [0.1, 0.15) is 51.6 Å². The van der Waals surface area contributed by atoms with Gasteiger partial charge in [0.05, 0.1) is 14.2 Å². The molecule has 0 N–H and O–H groups in total. The van der Waals surface area contributed by atoms with E-state index < -0.39 is 0 Å². The summed E-state index contributed by atoms with van der Waals surface area (Å²) < 4.78 is 17.4. The Labute approximate surface area is 187 Å². The molecule has 3 aromatic rings. The molecule has 5 heteroatoms. The molecule has 4 rings (SSSR count). The fraction of sp³-hybridized carbons (Fsp3) is 0.259. The van der Waals surface area contributed by atoms with Crippen LogP contribution in [0.25, 0.3) is 11.1 Å². The summed E-state index contributed by atoms with van der Waals surface area (Å²) in [4.78, 5) is 23.9. The number of ketones is 2. The predicted molar refractivity (Wildman–Crippen MR) is 123 cm³/mol. The van der Waals surface area contributed by atoms with Crippen molar-refractivity contribution in [2.24, 2.45) is 0 Å². The molecule has 0 bridgehead atoms. The predicted octanol–water partition coefficient (Wildman–Crippen LogP) is 5.67. The van der Waals surface area contributed by atoms with Crippen LogP contribution in [0.5, 0.6) is 17.2 Å². The molecule has 1 aliphatic rings. The Balaban J connectivity index is 1.68. The van der Waals surface area contributed by atoms with Crippen molar-refractivity contribution in [1.29, 1.82) is 0 Å². The number of benzene rings is 3. The minimum atomic E-state index is 0.115. The van der Waals surface area contributed by atoms with Gasteiger partial charge in [-0.25, -0.2) is 0 Å². The van der Waals surface area contributed by atoms with E-state index in [9.17, 15) is 9.59 Å². The van der Waals surface area contributed by atoms with E-state index in [4.69, 9.17) is 14.2 Å². The highest BCUT2D eigenvalue weighted by Gasteiger charge is 2.22. The zero-order valence-corrected chi connectivity index (χ0v) is 18.6. The summed E-state index contributed by atoms with van der Waals surface area (Å²) >= 11 is 0. The molecule has 0 spiro atoms. The van der Waals surface area contributed by atoms with Gasteiger partial charge in [0, 0.05) is 29.5 Å². The molecule has 3 aromatic carbocycles. The molecule has 0 saturated heterocycles. The number of Topliss-reactive ketones (excluding diaryl/α,β-unsaturated/α-hetero) is 2. The summed E-state index contributed by atoms with van der Waals surface area (Å²) in [6.45, 7) is 2.16. The first-order valence-electron chi connectivity index (χ1n) is 10.7. The van der Waals surface area contributed by atoms with Gasteiger partial charge in [0.1, 0.15) is 6.61 Å². The molecule has 164 valence electrons. The van der Waals surface area contributed by atoms with E-state index in [0.29, 0.717) is 42.3 Å². The molecule has 5 nitrogen and oxygen atoms in total. The lowest BCUT2D eigenvalue weighted by Gasteiger charge is -2.18. The van der Waals surface area contributed by atoms with Crippen LogP contribution in [0.4, 0.5) is 0 Å². The molecule has 0 radical (unpaired) electrons. The molecule has 0 amide bonds. The highest BCUT2D eigenvalue weighted by Crippen LogP contribution is 2.45. The van der Waals surface area contributed by atoms with Gasteiger partial charge < -0.3 is 14.2 Å². The van der Waals surface area contributed by atoms with Crippen molar-refractivity contribution in [3.63, 3.8) is 0 Å². The lowest BCUT2D eigenvalue weighted by Crippen LogP contribution is -2.02. The van der Waals surface area contributed by atoms with Crippen LogP contribution < -0.4 is 14.2 Å². The van der Waals surface area contributed by atoms with Crippen LogP contribution >= 0.6 is 0 Å². The average molecular weight is 431 g/mol. The first kappa shape index (κ1) is 21.6. The first-order chi connectivity index (χ1) is 15.5. The van der Waals surface area contributed by atoms with Crippen LogP contribution in [-0.4, -0.2) is 25.8 Å². The third-order valence-corrected chi connectivity index (χ3v) is 5.82. The summed E-state index contributed by atoms with van der Waals surface area (Å²) in [7, 11) is 3.17. The quantitative estimate of drug-likeness (QED) is 0.431. The van der Waals surface area contributed by atoms with Crippen molar-refractivity contribution >= 4 is 11.6 Å². The number of carbonyl (C=O) groups is 2.